The molecule has 1 N–H and O–H groups in total. The first kappa shape index (κ1) is 25.2. The number of carbonyl (C=O) groups is 1. The van der Waals surface area contributed by atoms with E-state index in [4.69, 9.17) is 9.84 Å². The molecule has 0 saturated heterocycles. The number of aliphatic carboxylic acids is 1. The molecule has 2 aromatic carbocycles. The lowest BCUT2D eigenvalue weighted by atomic mass is 9.87. The molecule has 2 aromatic rings. The first-order chi connectivity index (χ1) is 15.5. The van der Waals surface area contributed by atoms with Gasteiger partial charge in [-0.2, -0.15) is 26.3 Å². The van der Waals surface area contributed by atoms with Gasteiger partial charge in [0.1, 0.15) is 11.3 Å². The van der Waals surface area contributed by atoms with Gasteiger partial charge in [-0.05, 0) is 67.3 Å². The third kappa shape index (κ3) is 6.54. The molecule has 1 aliphatic rings. The average molecular weight is 476 g/mol. The first-order valence-electron chi connectivity index (χ1n) is 11.0. The van der Waals surface area contributed by atoms with Crippen molar-refractivity contribution in [2.75, 3.05) is 0 Å². The molecule has 0 unspecified atom stereocenters. The molecule has 0 spiro atoms. The van der Waals surface area contributed by atoms with E-state index in [0.29, 0.717) is 31.1 Å². The van der Waals surface area contributed by atoms with Crippen LogP contribution in [-0.4, -0.2) is 23.4 Å². The van der Waals surface area contributed by atoms with E-state index in [-0.39, 0.29) is 43.2 Å². The molecule has 0 amide bonds. The van der Waals surface area contributed by atoms with Crippen LogP contribution in [0.4, 0.5) is 26.3 Å². The quantitative estimate of drug-likeness (QED) is 0.316. The van der Waals surface area contributed by atoms with Crippen molar-refractivity contribution in [1.82, 2.24) is 0 Å². The minimum absolute atomic E-state index is 0.00739. The Hall–Kier alpha value is -2.45. The number of ether oxygens (including phenoxy) is 1. The number of benzene rings is 2. The third-order valence-corrected chi connectivity index (χ3v) is 6.16. The fraction of sp³-hybridized carbons (Fsp3) is 0.542. The lowest BCUT2D eigenvalue weighted by Crippen LogP contribution is -2.32. The van der Waals surface area contributed by atoms with Crippen LogP contribution in [-0.2, 0) is 17.4 Å². The topological polar surface area (TPSA) is 46.5 Å². The Balaban J connectivity index is 1.80. The summed E-state index contributed by atoms with van der Waals surface area (Å²) in [6, 6.07) is 7.49. The summed E-state index contributed by atoms with van der Waals surface area (Å²) in [5.74, 6) is -2.67. The number of unbranched alkanes of at least 4 members (excludes halogenated alkanes) is 2. The second-order valence-electron chi connectivity index (χ2n) is 8.54. The SMILES string of the molecule is O=C(O)CCCCCc1cccc2c(C(F)(F)F)c(OC3CCC(C(F)(F)F)CC3)ccc12. The normalized spacial score (nSPS) is 19.6. The highest BCUT2D eigenvalue weighted by Gasteiger charge is 2.42. The maximum atomic E-state index is 14.0. The maximum absolute atomic E-state index is 14.0. The van der Waals surface area contributed by atoms with E-state index in [1.54, 1.807) is 18.2 Å². The van der Waals surface area contributed by atoms with Crippen LogP contribution in [0.25, 0.3) is 10.8 Å². The van der Waals surface area contributed by atoms with Crippen molar-refractivity contribution in [2.45, 2.75) is 76.2 Å². The van der Waals surface area contributed by atoms with Gasteiger partial charge in [0.25, 0.3) is 0 Å². The monoisotopic (exact) mass is 476 g/mol. The summed E-state index contributed by atoms with van der Waals surface area (Å²) in [5, 5.41) is 9.14. The van der Waals surface area contributed by atoms with Crippen LogP contribution in [0.3, 0.4) is 0 Å². The number of hydrogen-bond donors (Lipinski definition) is 1. The van der Waals surface area contributed by atoms with Crippen molar-refractivity contribution >= 4 is 16.7 Å². The van der Waals surface area contributed by atoms with Gasteiger partial charge in [-0.1, -0.05) is 30.7 Å². The fourth-order valence-electron chi connectivity index (χ4n) is 4.47. The summed E-state index contributed by atoms with van der Waals surface area (Å²) in [4.78, 5) is 10.6. The Morgan fingerprint density at radius 3 is 2.21 bits per heavy atom. The van der Waals surface area contributed by atoms with Crippen molar-refractivity contribution in [1.29, 1.82) is 0 Å². The molecule has 3 rings (SSSR count). The van der Waals surface area contributed by atoms with E-state index in [0.717, 1.165) is 5.56 Å². The highest BCUT2D eigenvalue weighted by molar-refractivity contribution is 5.91. The summed E-state index contributed by atoms with van der Waals surface area (Å²) >= 11 is 0. The van der Waals surface area contributed by atoms with Crippen LogP contribution < -0.4 is 4.74 Å². The summed E-state index contributed by atoms with van der Waals surface area (Å²) in [7, 11) is 0. The van der Waals surface area contributed by atoms with Gasteiger partial charge in [0, 0.05) is 6.42 Å². The Morgan fingerprint density at radius 2 is 1.61 bits per heavy atom. The number of rotatable bonds is 8. The molecule has 3 nitrogen and oxygen atoms in total. The number of aryl methyl sites for hydroxylation is 1. The number of halogens is 6. The maximum Gasteiger partial charge on any atom is 0.420 e. The standard InChI is InChI=1S/C24H26F6O3/c25-23(26,27)16-9-11-17(12-10-16)33-20-14-13-18-15(5-2-1-3-8-21(31)32)6-4-7-19(18)22(20)24(28,29)30/h4,6-7,13-14,16-17H,1-3,5,8-12H2,(H,31,32). The lowest BCUT2D eigenvalue weighted by Gasteiger charge is -2.31. The van der Waals surface area contributed by atoms with E-state index in [9.17, 15) is 31.1 Å². The zero-order valence-electron chi connectivity index (χ0n) is 17.9. The molecule has 0 aliphatic heterocycles. The number of carboxylic acid groups (broad SMARTS) is 1. The van der Waals surface area contributed by atoms with Crippen LogP contribution in [0, 0.1) is 5.92 Å². The summed E-state index contributed by atoms with van der Waals surface area (Å²) in [6.07, 6.45) is -7.54. The van der Waals surface area contributed by atoms with Gasteiger partial charge in [-0.3, -0.25) is 4.79 Å². The highest BCUT2D eigenvalue weighted by atomic mass is 19.4. The summed E-state index contributed by atoms with van der Waals surface area (Å²) < 4.78 is 86.3. The largest absolute Gasteiger partial charge is 0.490 e. The molecule has 1 aliphatic carbocycles. The minimum Gasteiger partial charge on any atom is -0.490 e. The first-order valence-corrected chi connectivity index (χ1v) is 11.0. The molecule has 0 heterocycles. The molecule has 9 heteroatoms. The van der Waals surface area contributed by atoms with Crippen molar-refractivity contribution in [3.8, 4) is 5.75 Å². The van der Waals surface area contributed by atoms with Gasteiger partial charge >= 0.3 is 18.3 Å². The molecule has 0 aromatic heterocycles. The number of fused-ring (bicyclic) bond motifs is 1. The molecular formula is C24H26F6O3. The number of alkyl halides is 6. The molecular weight excluding hydrogens is 450 g/mol. The Morgan fingerprint density at radius 1 is 0.909 bits per heavy atom. The van der Waals surface area contributed by atoms with Gasteiger partial charge < -0.3 is 9.84 Å². The molecule has 0 radical (unpaired) electrons. The second kappa shape index (κ2) is 10.2. The van der Waals surface area contributed by atoms with Crippen molar-refractivity contribution < 1.29 is 41.0 Å². The number of hydrogen-bond acceptors (Lipinski definition) is 2. The van der Waals surface area contributed by atoms with Gasteiger partial charge in [-0.25, -0.2) is 0 Å². The Labute approximate surface area is 187 Å². The third-order valence-electron chi connectivity index (χ3n) is 6.16. The van der Waals surface area contributed by atoms with Gasteiger partial charge in [0.05, 0.1) is 12.0 Å². The van der Waals surface area contributed by atoms with Crippen LogP contribution in [0.1, 0.15) is 62.5 Å². The molecule has 0 atom stereocenters. The van der Waals surface area contributed by atoms with Crippen LogP contribution >= 0.6 is 0 Å². The van der Waals surface area contributed by atoms with E-state index >= 15 is 0 Å². The molecule has 0 bridgehead atoms. The zero-order chi connectivity index (χ0) is 24.2. The Kier molecular flexibility index (Phi) is 7.80. The van der Waals surface area contributed by atoms with E-state index in [2.05, 4.69) is 0 Å². The van der Waals surface area contributed by atoms with Crippen LogP contribution in [0.2, 0.25) is 0 Å². The van der Waals surface area contributed by atoms with E-state index in [1.165, 1.54) is 12.1 Å². The van der Waals surface area contributed by atoms with Crippen molar-refractivity contribution in [3.05, 3.63) is 41.5 Å². The van der Waals surface area contributed by atoms with Gasteiger partial charge in [-0.15, -0.1) is 0 Å². The number of carboxylic acids is 1. The second-order valence-corrected chi connectivity index (χ2v) is 8.54. The van der Waals surface area contributed by atoms with Gasteiger partial charge in [0.2, 0.25) is 0 Å². The molecule has 1 fully saturated rings. The van der Waals surface area contributed by atoms with Crippen molar-refractivity contribution in [3.63, 3.8) is 0 Å². The summed E-state index contributed by atoms with van der Waals surface area (Å²) in [5.41, 5.74) is -0.184. The molecule has 182 valence electrons. The smallest absolute Gasteiger partial charge is 0.420 e. The van der Waals surface area contributed by atoms with E-state index < -0.39 is 35.9 Å². The van der Waals surface area contributed by atoms with Crippen LogP contribution in [0.5, 0.6) is 5.75 Å². The highest BCUT2D eigenvalue weighted by Crippen LogP contribution is 2.44. The van der Waals surface area contributed by atoms with Crippen molar-refractivity contribution in [2.24, 2.45) is 5.92 Å². The Bertz CT molecular complexity index is 959. The predicted octanol–water partition coefficient (Wildman–Crippen LogP) is 7.55. The average Bonchev–Trinajstić information content (AvgIpc) is 2.72. The minimum atomic E-state index is -4.70. The predicted molar refractivity (Wildman–Crippen MR) is 111 cm³/mol. The van der Waals surface area contributed by atoms with Crippen LogP contribution in [0.15, 0.2) is 30.3 Å². The fourth-order valence-corrected chi connectivity index (χ4v) is 4.47. The zero-order valence-corrected chi connectivity index (χ0v) is 17.9. The lowest BCUT2D eigenvalue weighted by molar-refractivity contribution is -0.185. The molecule has 33 heavy (non-hydrogen) atoms. The van der Waals surface area contributed by atoms with Gasteiger partial charge in [0.15, 0.2) is 0 Å². The summed E-state index contributed by atoms with van der Waals surface area (Å²) in [6.45, 7) is 0. The molecule has 1 saturated carbocycles. The van der Waals surface area contributed by atoms with E-state index in [1.807, 2.05) is 0 Å².